The molecule has 0 saturated heterocycles. The highest BCUT2D eigenvalue weighted by Gasteiger charge is 2.03. The molecule has 2 N–H and O–H groups in total. The highest BCUT2D eigenvalue weighted by molar-refractivity contribution is 5.13. The molecule has 1 heterocycles. The summed E-state index contributed by atoms with van der Waals surface area (Å²) in [5.74, 6) is 0. The van der Waals surface area contributed by atoms with Gasteiger partial charge in [-0.3, -0.25) is 5.73 Å². The Morgan fingerprint density at radius 2 is 2.36 bits per heavy atom. The lowest BCUT2D eigenvalue weighted by Crippen LogP contribution is -3.00. The first kappa shape index (κ1) is 10.4. The lowest BCUT2D eigenvalue weighted by Gasteiger charge is -1.96. The van der Waals surface area contributed by atoms with Crippen LogP contribution in [0.2, 0.25) is 0 Å². The molecule has 0 bridgehead atoms. The van der Waals surface area contributed by atoms with Crippen molar-refractivity contribution in [2.45, 2.75) is 13.1 Å². The van der Waals surface area contributed by atoms with Crippen LogP contribution in [-0.2, 0) is 0 Å². The predicted molar refractivity (Wildman–Crippen MR) is 39.9 cm³/mol. The molecule has 0 aliphatic carbocycles. The van der Waals surface area contributed by atoms with Crippen molar-refractivity contribution in [1.29, 1.82) is 0 Å². The lowest BCUT2D eigenvalue weighted by atomic mass is 10.6. The van der Waals surface area contributed by atoms with Gasteiger partial charge in [0.05, 0.1) is 6.20 Å². The van der Waals surface area contributed by atoms with Gasteiger partial charge in [-0.05, 0) is 6.92 Å². The fourth-order valence-corrected chi connectivity index (χ4v) is 0.734. The number of hydrogen-bond donors (Lipinski definition) is 1. The minimum atomic E-state index is 0. The number of nitrogens with two attached hydrogens (primary N) is 1. The van der Waals surface area contributed by atoms with Crippen LogP contribution in [0, 0.1) is 0 Å². The Morgan fingerprint density at radius 3 is 2.64 bits per heavy atom. The number of halogens is 1. The highest BCUT2D eigenvalue weighted by Crippen LogP contribution is 1.86. The summed E-state index contributed by atoms with van der Waals surface area (Å²) < 4.78 is 3.76. The van der Waals surface area contributed by atoms with E-state index in [1.807, 2.05) is 34.8 Å². The average Bonchev–Trinajstić information content (AvgIpc) is 2.34. The fourth-order valence-electron chi connectivity index (χ4n) is 0.734. The van der Waals surface area contributed by atoms with Gasteiger partial charge in [0.15, 0.2) is 0 Å². The Balaban J connectivity index is 0.000001000. The van der Waals surface area contributed by atoms with Gasteiger partial charge in [0.2, 0.25) is 6.33 Å². The molecule has 0 radical (unpaired) electrons. The molecule has 0 aromatic carbocycles. The van der Waals surface area contributed by atoms with Gasteiger partial charge in [-0.15, -0.1) is 0 Å². The van der Waals surface area contributed by atoms with Gasteiger partial charge in [-0.1, -0.05) is 6.58 Å². The molecule has 0 amide bonds. The fraction of sp³-hybridized carbons (Fsp3) is 0.286. The van der Waals surface area contributed by atoms with Gasteiger partial charge >= 0.3 is 0 Å². The molecular weight excluding hydrogens is 206 g/mol. The van der Waals surface area contributed by atoms with Crippen LogP contribution in [0.5, 0.6) is 0 Å². The SMILES string of the molecule is C=Cn1cc[n+](C(C)N)c1.[Br-]. The van der Waals surface area contributed by atoms with E-state index in [4.69, 9.17) is 5.73 Å². The zero-order valence-corrected chi connectivity index (χ0v) is 8.03. The number of imidazole rings is 1. The molecule has 0 aliphatic heterocycles. The summed E-state index contributed by atoms with van der Waals surface area (Å²) >= 11 is 0. The van der Waals surface area contributed by atoms with E-state index in [2.05, 4.69) is 6.58 Å². The monoisotopic (exact) mass is 217 g/mol. The van der Waals surface area contributed by atoms with Crippen LogP contribution in [0.1, 0.15) is 13.1 Å². The molecule has 0 spiro atoms. The van der Waals surface area contributed by atoms with Crippen LogP contribution in [0.3, 0.4) is 0 Å². The van der Waals surface area contributed by atoms with Gasteiger partial charge in [0, 0.05) is 0 Å². The quantitative estimate of drug-likeness (QED) is 0.541. The molecule has 0 aliphatic rings. The molecule has 11 heavy (non-hydrogen) atoms. The van der Waals surface area contributed by atoms with Crippen molar-refractivity contribution in [2.75, 3.05) is 0 Å². The maximum Gasteiger partial charge on any atom is 0.249 e. The van der Waals surface area contributed by atoms with Crippen LogP contribution in [0.15, 0.2) is 25.3 Å². The first-order valence-corrected chi connectivity index (χ1v) is 3.20. The summed E-state index contributed by atoms with van der Waals surface area (Å²) in [5, 5.41) is 0. The Morgan fingerprint density at radius 1 is 1.73 bits per heavy atom. The standard InChI is InChI=1S/C7H12N3.BrH/c1-3-9-4-5-10(6-9)7(2)8;/h3-7H,1,8H2,2H3;1H/q+1;/p-1. The molecule has 62 valence electrons. The maximum atomic E-state index is 5.60. The molecule has 1 rings (SSSR count). The minimum absolute atomic E-state index is 0. The van der Waals surface area contributed by atoms with Crippen molar-refractivity contribution in [3.63, 3.8) is 0 Å². The van der Waals surface area contributed by atoms with Gasteiger partial charge in [0.1, 0.15) is 18.6 Å². The second-order valence-electron chi connectivity index (χ2n) is 2.23. The number of rotatable bonds is 2. The van der Waals surface area contributed by atoms with E-state index in [0.717, 1.165) is 0 Å². The normalized spacial score (nSPS) is 11.8. The van der Waals surface area contributed by atoms with Crippen LogP contribution >= 0.6 is 0 Å². The van der Waals surface area contributed by atoms with Crippen molar-refractivity contribution < 1.29 is 21.5 Å². The van der Waals surface area contributed by atoms with Crippen molar-refractivity contribution in [3.05, 3.63) is 25.3 Å². The minimum Gasteiger partial charge on any atom is -1.00 e. The number of hydrogen-bond acceptors (Lipinski definition) is 1. The zero-order chi connectivity index (χ0) is 7.56. The van der Waals surface area contributed by atoms with E-state index in [0.29, 0.717) is 0 Å². The predicted octanol–water partition coefficient (Wildman–Crippen LogP) is -2.64. The second-order valence-corrected chi connectivity index (χ2v) is 2.23. The molecule has 1 atom stereocenters. The van der Waals surface area contributed by atoms with E-state index < -0.39 is 0 Å². The molecule has 1 aromatic rings. The summed E-state index contributed by atoms with van der Waals surface area (Å²) in [6.07, 6.45) is 7.44. The molecule has 3 nitrogen and oxygen atoms in total. The molecule has 1 aromatic heterocycles. The molecule has 4 heteroatoms. The summed E-state index contributed by atoms with van der Waals surface area (Å²) in [5.41, 5.74) is 5.60. The number of aromatic nitrogens is 2. The summed E-state index contributed by atoms with van der Waals surface area (Å²) in [6, 6.07) is 0. The largest absolute Gasteiger partial charge is 1.00 e. The van der Waals surface area contributed by atoms with Crippen LogP contribution in [0.4, 0.5) is 0 Å². The van der Waals surface area contributed by atoms with Crippen molar-refractivity contribution in [2.24, 2.45) is 5.73 Å². The third kappa shape index (κ3) is 2.48. The molecule has 0 saturated carbocycles. The first-order valence-electron chi connectivity index (χ1n) is 3.20. The smallest absolute Gasteiger partial charge is 0.249 e. The Bertz CT molecular complexity index is 229. The average molecular weight is 218 g/mol. The van der Waals surface area contributed by atoms with Crippen LogP contribution in [-0.4, -0.2) is 4.57 Å². The van der Waals surface area contributed by atoms with E-state index >= 15 is 0 Å². The Hall–Kier alpha value is -0.610. The maximum absolute atomic E-state index is 5.60. The highest BCUT2D eigenvalue weighted by atomic mass is 79.9. The van der Waals surface area contributed by atoms with Crippen LogP contribution < -0.4 is 27.3 Å². The second kappa shape index (κ2) is 4.31. The Labute approximate surface area is 76.9 Å². The third-order valence-electron chi connectivity index (χ3n) is 1.36. The molecule has 0 fully saturated rings. The van der Waals surface area contributed by atoms with E-state index in [1.54, 1.807) is 6.20 Å². The first-order chi connectivity index (χ1) is 4.74. The molecular formula is C7H12BrN3. The third-order valence-corrected chi connectivity index (χ3v) is 1.36. The zero-order valence-electron chi connectivity index (χ0n) is 6.44. The van der Waals surface area contributed by atoms with Crippen molar-refractivity contribution in [1.82, 2.24) is 4.57 Å². The van der Waals surface area contributed by atoms with E-state index in [9.17, 15) is 0 Å². The van der Waals surface area contributed by atoms with Crippen molar-refractivity contribution in [3.8, 4) is 0 Å². The van der Waals surface area contributed by atoms with Crippen LogP contribution in [0.25, 0.3) is 6.20 Å². The van der Waals surface area contributed by atoms with Gasteiger partial charge in [0.25, 0.3) is 0 Å². The summed E-state index contributed by atoms with van der Waals surface area (Å²) in [4.78, 5) is 0. The van der Waals surface area contributed by atoms with E-state index in [1.165, 1.54) is 0 Å². The summed E-state index contributed by atoms with van der Waals surface area (Å²) in [7, 11) is 0. The van der Waals surface area contributed by atoms with Gasteiger partial charge < -0.3 is 17.0 Å². The van der Waals surface area contributed by atoms with Crippen molar-refractivity contribution >= 4 is 6.20 Å². The topological polar surface area (TPSA) is 34.8 Å². The van der Waals surface area contributed by atoms with E-state index in [-0.39, 0.29) is 23.1 Å². The number of nitrogens with zero attached hydrogens (tertiary/aromatic N) is 2. The lowest BCUT2D eigenvalue weighted by molar-refractivity contribution is -0.718. The summed E-state index contributed by atoms with van der Waals surface area (Å²) in [6.45, 7) is 5.54. The van der Waals surface area contributed by atoms with Gasteiger partial charge in [-0.2, -0.15) is 0 Å². The molecule has 1 unspecified atom stereocenters. The van der Waals surface area contributed by atoms with Gasteiger partial charge in [-0.25, -0.2) is 9.13 Å². The Kier molecular flexibility index (Phi) is 4.07.